The number of ether oxygens (including phenoxy) is 3. The monoisotopic (exact) mass is 429 g/mol. The van der Waals surface area contributed by atoms with E-state index in [2.05, 4.69) is 20.9 Å². The summed E-state index contributed by atoms with van der Waals surface area (Å²) in [5, 5.41) is 22.3. The lowest BCUT2D eigenvalue weighted by molar-refractivity contribution is -0.143. The average molecular weight is 429 g/mol. The van der Waals surface area contributed by atoms with Crippen LogP contribution in [0.5, 0.6) is 0 Å². The third-order valence-electron chi connectivity index (χ3n) is 3.33. The lowest BCUT2D eigenvalue weighted by atomic mass is 10.2. The molecule has 0 aliphatic heterocycles. The molecule has 1 rings (SSSR count). The molecular formula is C18H31N5O7. The largest absolute Gasteiger partial charge is 0.467 e. The standard InChI is InChI=1S/C18H31N5O7/c1-17(2,3)29-15(26)19-12(14(25)28-7)9-23-8-11(21-22-23)13(10-24)20-16(27)30-18(4,5)6/h8,12-13,24H,9-10H2,1-7H3,(H,19,26)(H,20,27)/t12-,13-/m0/s1. The van der Waals surface area contributed by atoms with Crippen molar-refractivity contribution in [2.75, 3.05) is 13.7 Å². The van der Waals surface area contributed by atoms with Crippen molar-refractivity contribution in [1.29, 1.82) is 0 Å². The summed E-state index contributed by atoms with van der Waals surface area (Å²) in [5.74, 6) is -0.705. The second-order valence-corrected chi connectivity index (χ2v) is 8.47. The van der Waals surface area contributed by atoms with E-state index in [1.165, 1.54) is 18.0 Å². The van der Waals surface area contributed by atoms with Gasteiger partial charge in [-0.25, -0.2) is 19.1 Å². The number of methoxy groups -OCH3 is 1. The first-order chi connectivity index (χ1) is 13.7. The van der Waals surface area contributed by atoms with E-state index in [4.69, 9.17) is 14.2 Å². The highest BCUT2D eigenvalue weighted by atomic mass is 16.6. The number of aliphatic hydroxyl groups is 1. The Morgan fingerprint density at radius 1 is 1.07 bits per heavy atom. The van der Waals surface area contributed by atoms with Crippen LogP contribution in [0.3, 0.4) is 0 Å². The van der Waals surface area contributed by atoms with Crippen LogP contribution in [-0.2, 0) is 25.5 Å². The maximum Gasteiger partial charge on any atom is 0.408 e. The fourth-order valence-corrected chi connectivity index (χ4v) is 2.18. The van der Waals surface area contributed by atoms with Gasteiger partial charge in [-0.1, -0.05) is 5.21 Å². The van der Waals surface area contributed by atoms with Crippen LogP contribution in [0.2, 0.25) is 0 Å². The summed E-state index contributed by atoms with van der Waals surface area (Å²) in [5.41, 5.74) is -1.21. The second kappa shape index (κ2) is 10.2. The maximum absolute atomic E-state index is 12.0. The number of aromatic nitrogens is 3. The lowest BCUT2D eigenvalue weighted by Crippen LogP contribution is -2.46. The highest BCUT2D eigenvalue weighted by molar-refractivity contribution is 5.81. The summed E-state index contributed by atoms with van der Waals surface area (Å²) in [6.07, 6.45) is -0.0986. The van der Waals surface area contributed by atoms with Gasteiger partial charge in [-0.15, -0.1) is 5.10 Å². The fourth-order valence-electron chi connectivity index (χ4n) is 2.18. The van der Waals surface area contributed by atoms with Gasteiger partial charge in [0.25, 0.3) is 0 Å². The molecule has 0 spiro atoms. The molecule has 1 aromatic rings. The third kappa shape index (κ3) is 9.07. The van der Waals surface area contributed by atoms with Crippen molar-refractivity contribution >= 4 is 18.2 Å². The Hall–Kier alpha value is -2.89. The highest BCUT2D eigenvalue weighted by Crippen LogP contribution is 2.12. The number of amides is 2. The molecule has 2 atom stereocenters. The summed E-state index contributed by atoms with van der Waals surface area (Å²) in [7, 11) is 1.19. The van der Waals surface area contributed by atoms with E-state index in [-0.39, 0.29) is 12.2 Å². The van der Waals surface area contributed by atoms with Crippen molar-refractivity contribution in [3.63, 3.8) is 0 Å². The summed E-state index contributed by atoms with van der Waals surface area (Å²) in [4.78, 5) is 35.9. The molecule has 0 aliphatic carbocycles. The van der Waals surface area contributed by atoms with Gasteiger partial charge in [0, 0.05) is 0 Å². The van der Waals surface area contributed by atoms with Gasteiger partial charge in [0.1, 0.15) is 29.0 Å². The molecule has 1 heterocycles. The fraction of sp³-hybridized carbons (Fsp3) is 0.722. The molecule has 30 heavy (non-hydrogen) atoms. The molecule has 1 aromatic heterocycles. The van der Waals surface area contributed by atoms with Crippen LogP contribution in [0.1, 0.15) is 53.3 Å². The van der Waals surface area contributed by atoms with Crippen LogP contribution < -0.4 is 10.6 Å². The number of hydrogen-bond donors (Lipinski definition) is 3. The molecule has 12 heteroatoms. The number of hydrogen-bond acceptors (Lipinski definition) is 9. The molecule has 0 saturated carbocycles. The zero-order valence-electron chi connectivity index (χ0n) is 18.4. The predicted octanol–water partition coefficient (Wildman–Crippen LogP) is 0.902. The van der Waals surface area contributed by atoms with Gasteiger partial charge in [0.15, 0.2) is 0 Å². The minimum Gasteiger partial charge on any atom is -0.467 e. The van der Waals surface area contributed by atoms with Gasteiger partial charge in [0.2, 0.25) is 0 Å². The summed E-state index contributed by atoms with van der Waals surface area (Å²) in [6, 6.07) is -1.96. The number of aliphatic hydroxyl groups excluding tert-OH is 1. The number of nitrogens with zero attached hydrogens (tertiary/aromatic N) is 3. The van der Waals surface area contributed by atoms with Gasteiger partial charge in [-0.3, -0.25) is 0 Å². The minimum atomic E-state index is -1.09. The molecule has 12 nitrogen and oxygen atoms in total. The topological polar surface area (TPSA) is 154 Å². The molecule has 3 N–H and O–H groups in total. The van der Waals surface area contributed by atoms with Crippen molar-refractivity contribution in [3.05, 3.63) is 11.9 Å². The third-order valence-corrected chi connectivity index (χ3v) is 3.33. The number of carbonyl (C=O) groups excluding carboxylic acids is 3. The normalized spacial score (nSPS) is 13.7. The Morgan fingerprint density at radius 2 is 1.60 bits per heavy atom. The first-order valence-corrected chi connectivity index (χ1v) is 9.32. The van der Waals surface area contributed by atoms with Gasteiger partial charge >= 0.3 is 18.2 Å². The van der Waals surface area contributed by atoms with Crippen LogP contribution in [0.25, 0.3) is 0 Å². The van der Waals surface area contributed by atoms with Gasteiger partial charge in [-0.2, -0.15) is 0 Å². The van der Waals surface area contributed by atoms with Crippen molar-refractivity contribution in [2.45, 2.75) is 71.4 Å². The predicted molar refractivity (Wildman–Crippen MR) is 104 cm³/mol. The zero-order valence-corrected chi connectivity index (χ0v) is 18.4. The van der Waals surface area contributed by atoms with Gasteiger partial charge in [0.05, 0.1) is 26.5 Å². The Labute approximate surface area is 175 Å². The Kier molecular flexibility index (Phi) is 8.58. The van der Waals surface area contributed by atoms with Crippen molar-refractivity contribution in [2.24, 2.45) is 0 Å². The molecule has 0 saturated heterocycles. The molecule has 0 aromatic carbocycles. The van der Waals surface area contributed by atoms with Crippen molar-refractivity contribution in [1.82, 2.24) is 25.6 Å². The first-order valence-electron chi connectivity index (χ1n) is 9.32. The summed E-state index contributed by atoms with van der Waals surface area (Å²) < 4.78 is 16.3. The summed E-state index contributed by atoms with van der Waals surface area (Å²) in [6.45, 7) is 9.64. The average Bonchev–Trinajstić information content (AvgIpc) is 3.03. The Bertz CT molecular complexity index is 736. The van der Waals surface area contributed by atoms with E-state index in [0.717, 1.165) is 0 Å². The smallest absolute Gasteiger partial charge is 0.408 e. The van der Waals surface area contributed by atoms with E-state index < -0.39 is 48.0 Å². The van der Waals surface area contributed by atoms with Crippen LogP contribution >= 0.6 is 0 Å². The molecule has 170 valence electrons. The van der Waals surface area contributed by atoms with Crippen molar-refractivity contribution in [3.8, 4) is 0 Å². The minimum absolute atomic E-state index is 0.108. The van der Waals surface area contributed by atoms with E-state index in [0.29, 0.717) is 0 Å². The molecule has 0 fully saturated rings. The Morgan fingerprint density at radius 3 is 2.07 bits per heavy atom. The van der Waals surface area contributed by atoms with Crippen LogP contribution in [0.4, 0.5) is 9.59 Å². The number of carbonyl (C=O) groups is 3. The van der Waals surface area contributed by atoms with E-state index in [1.807, 2.05) is 0 Å². The number of rotatable bonds is 7. The quantitative estimate of drug-likeness (QED) is 0.423. The maximum atomic E-state index is 12.0. The van der Waals surface area contributed by atoms with E-state index >= 15 is 0 Å². The summed E-state index contributed by atoms with van der Waals surface area (Å²) >= 11 is 0. The molecular weight excluding hydrogens is 398 g/mol. The molecule has 0 unspecified atom stereocenters. The van der Waals surface area contributed by atoms with E-state index in [9.17, 15) is 19.5 Å². The second-order valence-electron chi connectivity index (χ2n) is 8.47. The lowest BCUT2D eigenvalue weighted by Gasteiger charge is -2.22. The molecule has 0 radical (unpaired) electrons. The van der Waals surface area contributed by atoms with Gasteiger partial charge < -0.3 is 30.0 Å². The van der Waals surface area contributed by atoms with Crippen LogP contribution in [0.15, 0.2) is 6.20 Å². The number of nitrogens with one attached hydrogen (secondary N) is 2. The van der Waals surface area contributed by atoms with Crippen LogP contribution in [-0.4, -0.2) is 69.2 Å². The van der Waals surface area contributed by atoms with Crippen molar-refractivity contribution < 1.29 is 33.7 Å². The first kappa shape index (κ1) is 25.1. The molecule has 2 amide bonds. The highest BCUT2D eigenvalue weighted by Gasteiger charge is 2.27. The number of alkyl carbamates (subject to hydrolysis) is 2. The van der Waals surface area contributed by atoms with Gasteiger partial charge in [-0.05, 0) is 41.5 Å². The Balaban J connectivity index is 2.85. The van der Waals surface area contributed by atoms with E-state index in [1.54, 1.807) is 41.5 Å². The molecule has 0 bridgehead atoms. The molecule has 0 aliphatic rings. The zero-order chi connectivity index (χ0) is 23.1. The SMILES string of the molecule is COC(=O)[C@H](Cn1cc([C@H](CO)NC(=O)OC(C)(C)C)nn1)NC(=O)OC(C)(C)C. The van der Waals surface area contributed by atoms with Crippen LogP contribution in [0, 0.1) is 0 Å². The number of esters is 1.